The SMILES string of the molecule is CN=C(NCCCC(=O)N1CCc2ccccc21)N(C)Cc1cn(C)nc1C(C)C. The zero-order valence-corrected chi connectivity index (χ0v) is 18.9. The first-order valence-electron chi connectivity index (χ1n) is 10.7. The molecule has 162 valence electrons. The number of carbonyl (C=O) groups excluding carboxylic acids is 1. The highest BCUT2D eigenvalue weighted by molar-refractivity contribution is 5.95. The molecule has 0 fully saturated rings. The second-order valence-electron chi connectivity index (χ2n) is 8.23. The molecule has 7 heteroatoms. The second-order valence-corrected chi connectivity index (χ2v) is 8.23. The van der Waals surface area contributed by atoms with E-state index in [1.165, 1.54) is 11.1 Å². The quantitative estimate of drug-likeness (QED) is 0.433. The number of nitrogens with one attached hydrogen (secondary N) is 1. The average molecular weight is 411 g/mol. The van der Waals surface area contributed by atoms with Gasteiger partial charge in [-0.3, -0.25) is 14.5 Å². The van der Waals surface area contributed by atoms with Crippen molar-refractivity contribution in [1.29, 1.82) is 0 Å². The van der Waals surface area contributed by atoms with Crippen LogP contribution in [0.4, 0.5) is 5.69 Å². The molecule has 0 unspecified atom stereocenters. The number of carbonyl (C=O) groups is 1. The number of hydrogen-bond donors (Lipinski definition) is 1. The van der Waals surface area contributed by atoms with Crippen LogP contribution >= 0.6 is 0 Å². The molecule has 0 aliphatic carbocycles. The molecule has 1 N–H and O–H groups in total. The number of aliphatic imine (C=N–C) groups is 1. The molecule has 2 aromatic rings. The van der Waals surface area contributed by atoms with E-state index in [0.717, 1.165) is 43.3 Å². The molecule has 30 heavy (non-hydrogen) atoms. The molecule has 2 heterocycles. The Hall–Kier alpha value is -2.83. The minimum atomic E-state index is 0.196. The molecule has 0 saturated heterocycles. The number of benzene rings is 1. The third-order valence-electron chi connectivity index (χ3n) is 5.50. The highest BCUT2D eigenvalue weighted by atomic mass is 16.2. The van der Waals surface area contributed by atoms with Gasteiger partial charge in [0.1, 0.15) is 0 Å². The molecule has 3 rings (SSSR count). The average Bonchev–Trinajstić information content (AvgIpc) is 3.31. The van der Waals surface area contributed by atoms with E-state index in [4.69, 9.17) is 0 Å². The Morgan fingerprint density at radius 3 is 2.83 bits per heavy atom. The van der Waals surface area contributed by atoms with Crippen LogP contribution < -0.4 is 10.2 Å². The molecule has 0 bridgehead atoms. The van der Waals surface area contributed by atoms with E-state index in [1.54, 1.807) is 7.05 Å². The first-order chi connectivity index (χ1) is 14.4. The van der Waals surface area contributed by atoms with Gasteiger partial charge in [0.25, 0.3) is 0 Å². The summed E-state index contributed by atoms with van der Waals surface area (Å²) in [6, 6.07) is 8.18. The topological polar surface area (TPSA) is 65.8 Å². The van der Waals surface area contributed by atoms with Crippen molar-refractivity contribution in [2.24, 2.45) is 12.0 Å². The standard InChI is InChI=1S/C23H34N6O/c1-17(2)22-19(16-28(5)26-22)15-27(4)23(24-3)25-13-8-11-21(30)29-14-12-18-9-6-7-10-20(18)29/h6-7,9-10,16-17H,8,11-15H2,1-5H3,(H,24,25). The Morgan fingerprint density at radius 1 is 1.33 bits per heavy atom. The van der Waals surface area contributed by atoms with Crippen molar-refractivity contribution in [2.45, 2.75) is 45.6 Å². The lowest BCUT2D eigenvalue weighted by Crippen LogP contribution is -2.39. The van der Waals surface area contributed by atoms with Gasteiger partial charge in [-0.05, 0) is 30.4 Å². The first kappa shape index (κ1) is 21.9. The van der Waals surface area contributed by atoms with Gasteiger partial charge in [0.05, 0.1) is 5.69 Å². The monoisotopic (exact) mass is 410 g/mol. The predicted octanol–water partition coefficient (Wildman–Crippen LogP) is 2.92. The summed E-state index contributed by atoms with van der Waals surface area (Å²) >= 11 is 0. The molecule has 1 aliphatic heterocycles. The highest BCUT2D eigenvalue weighted by Crippen LogP contribution is 2.28. The molecule has 1 aromatic heterocycles. The van der Waals surface area contributed by atoms with Crippen molar-refractivity contribution >= 4 is 17.6 Å². The van der Waals surface area contributed by atoms with E-state index in [9.17, 15) is 4.79 Å². The normalized spacial score (nSPS) is 13.7. The maximum absolute atomic E-state index is 12.6. The summed E-state index contributed by atoms with van der Waals surface area (Å²) in [7, 11) is 5.77. The Bertz CT molecular complexity index is 901. The zero-order valence-electron chi connectivity index (χ0n) is 18.9. The van der Waals surface area contributed by atoms with Gasteiger partial charge in [0, 0.05) is 64.6 Å². The third-order valence-corrected chi connectivity index (χ3v) is 5.50. The van der Waals surface area contributed by atoms with Gasteiger partial charge in [-0.25, -0.2) is 0 Å². The van der Waals surface area contributed by atoms with E-state index < -0.39 is 0 Å². The van der Waals surface area contributed by atoms with Gasteiger partial charge in [0.2, 0.25) is 5.91 Å². The summed E-state index contributed by atoms with van der Waals surface area (Å²) < 4.78 is 1.87. The second kappa shape index (κ2) is 9.78. The number of hydrogen-bond acceptors (Lipinski definition) is 3. The number of amides is 1. The number of aryl methyl sites for hydroxylation is 1. The molecular formula is C23H34N6O. The third kappa shape index (κ3) is 5.01. The van der Waals surface area contributed by atoms with Crippen LogP contribution in [0, 0.1) is 0 Å². The minimum absolute atomic E-state index is 0.196. The lowest BCUT2D eigenvalue weighted by Gasteiger charge is -2.22. The Labute approximate surface area is 179 Å². The van der Waals surface area contributed by atoms with Gasteiger partial charge in [-0.2, -0.15) is 5.10 Å². The summed E-state index contributed by atoms with van der Waals surface area (Å²) in [5.41, 5.74) is 4.67. The maximum Gasteiger partial charge on any atom is 0.227 e. The smallest absolute Gasteiger partial charge is 0.227 e. The van der Waals surface area contributed by atoms with Crippen LogP contribution in [0.3, 0.4) is 0 Å². The van der Waals surface area contributed by atoms with Crippen LogP contribution in [0.25, 0.3) is 0 Å². The minimum Gasteiger partial charge on any atom is -0.356 e. The number of rotatable bonds is 7. The lowest BCUT2D eigenvalue weighted by molar-refractivity contribution is -0.118. The fourth-order valence-corrected chi connectivity index (χ4v) is 4.05. The van der Waals surface area contributed by atoms with Crippen molar-refractivity contribution in [1.82, 2.24) is 20.0 Å². The van der Waals surface area contributed by atoms with E-state index in [2.05, 4.69) is 46.4 Å². The number of fused-ring (bicyclic) bond motifs is 1. The Morgan fingerprint density at radius 2 is 2.10 bits per heavy atom. The van der Waals surface area contributed by atoms with Crippen LogP contribution in [-0.2, 0) is 24.8 Å². The maximum atomic E-state index is 12.6. The van der Waals surface area contributed by atoms with E-state index >= 15 is 0 Å². The van der Waals surface area contributed by atoms with Gasteiger partial charge in [0.15, 0.2) is 5.96 Å². The number of anilines is 1. The molecule has 0 radical (unpaired) electrons. The van der Waals surface area contributed by atoms with E-state index in [0.29, 0.717) is 18.9 Å². The highest BCUT2D eigenvalue weighted by Gasteiger charge is 2.23. The molecule has 1 aromatic carbocycles. The number of para-hydroxylation sites is 1. The van der Waals surface area contributed by atoms with Crippen LogP contribution in [0.1, 0.15) is 49.4 Å². The van der Waals surface area contributed by atoms with Crippen molar-refractivity contribution < 1.29 is 4.79 Å². The summed E-state index contributed by atoms with van der Waals surface area (Å²) in [5, 5.41) is 7.97. The Kier molecular flexibility index (Phi) is 7.13. The summed E-state index contributed by atoms with van der Waals surface area (Å²) in [4.78, 5) is 21.1. The van der Waals surface area contributed by atoms with E-state index in [-0.39, 0.29) is 5.91 Å². The van der Waals surface area contributed by atoms with E-state index in [1.807, 2.05) is 41.9 Å². The number of aromatic nitrogens is 2. The molecule has 7 nitrogen and oxygen atoms in total. The van der Waals surface area contributed by atoms with Gasteiger partial charge < -0.3 is 15.1 Å². The van der Waals surface area contributed by atoms with Crippen LogP contribution in [0.2, 0.25) is 0 Å². The molecule has 0 atom stereocenters. The summed E-state index contributed by atoms with van der Waals surface area (Å²) in [6.07, 6.45) is 4.33. The van der Waals surface area contributed by atoms with Crippen molar-refractivity contribution in [3.05, 3.63) is 47.3 Å². The molecule has 0 saturated carbocycles. The largest absolute Gasteiger partial charge is 0.356 e. The van der Waals surface area contributed by atoms with Crippen molar-refractivity contribution in [3.8, 4) is 0 Å². The Balaban J connectivity index is 1.47. The van der Waals surface area contributed by atoms with Crippen molar-refractivity contribution in [3.63, 3.8) is 0 Å². The van der Waals surface area contributed by atoms with Crippen LogP contribution in [0.15, 0.2) is 35.5 Å². The molecular weight excluding hydrogens is 376 g/mol. The predicted molar refractivity (Wildman–Crippen MR) is 122 cm³/mol. The van der Waals surface area contributed by atoms with Gasteiger partial charge in [-0.1, -0.05) is 32.0 Å². The summed E-state index contributed by atoms with van der Waals surface area (Å²) in [6.45, 7) is 6.56. The number of nitrogens with zero attached hydrogens (tertiary/aromatic N) is 5. The zero-order chi connectivity index (χ0) is 21.7. The van der Waals surface area contributed by atoms with Gasteiger partial charge >= 0.3 is 0 Å². The molecule has 0 spiro atoms. The molecule has 1 amide bonds. The van der Waals surface area contributed by atoms with Crippen molar-refractivity contribution in [2.75, 3.05) is 32.1 Å². The first-order valence-corrected chi connectivity index (χ1v) is 10.7. The molecule has 1 aliphatic rings. The number of guanidine groups is 1. The van der Waals surface area contributed by atoms with Gasteiger partial charge in [-0.15, -0.1) is 0 Å². The summed E-state index contributed by atoms with van der Waals surface area (Å²) in [5.74, 6) is 1.40. The van der Waals surface area contributed by atoms with Crippen LogP contribution in [-0.4, -0.2) is 53.7 Å². The lowest BCUT2D eigenvalue weighted by atomic mass is 10.1. The fraction of sp³-hybridized carbons (Fsp3) is 0.522. The fourth-order valence-electron chi connectivity index (χ4n) is 4.05. The van der Waals surface area contributed by atoms with Crippen LogP contribution in [0.5, 0.6) is 0 Å².